The molecule has 0 fully saturated rings. The van der Waals surface area contributed by atoms with E-state index in [0.29, 0.717) is 0 Å². The molecule has 0 saturated heterocycles. The van der Waals surface area contributed by atoms with Crippen LogP contribution >= 0.6 is 0 Å². The third-order valence-electron chi connectivity index (χ3n) is 14.6. The van der Waals surface area contributed by atoms with Gasteiger partial charge in [0.05, 0.1) is 5.69 Å². The highest BCUT2D eigenvalue weighted by molar-refractivity contribution is 7.01. The summed E-state index contributed by atoms with van der Waals surface area (Å²) in [5.41, 5.74) is 20.0. The zero-order valence-electron chi connectivity index (χ0n) is 39.8. The van der Waals surface area contributed by atoms with E-state index in [-0.39, 0.29) is 12.1 Å². The van der Waals surface area contributed by atoms with E-state index < -0.39 is 0 Å². The second kappa shape index (κ2) is 14.8. The van der Waals surface area contributed by atoms with Crippen molar-refractivity contribution in [1.82, 2.24) is 0 Å². The van der Waals surface area contributed by atoms with Crippen molar-refractivity contribution in [3.63, 3.8) is 0 Å². The molecule has 0 spiro atoms. The number of furan rings is 4. The van der Waals surface area contributed by atoms with Gasteiger partial charge in [-0.05, 0) is 150 Å². The first kappa shape index (κ1) is 40.6. The maximum absolute atomic E-state index is 7.29. The Kier molecular flexibility index (Phi) is 8.59. The Balaban J connectivity index is 1.04. The van der Waals surface area contributed by atoms with Gasteiger partial charge < -0.3 is 22.6 Å². The van der Waals surface area contributed by atoms with Gasteiger partial charge in [0.15, 0.2) is 0 Å². The van der Waals surface area contributed by atoms with E-state index in [1.807, 2.05) is 36.4 Å². The van der Waals surface area contributed by atoms with Gasteiger partial charge in [-0.2, -0.15) is 0 Å². The average molecular weight is 907 g/mol. The molecule has 4 aromatic heterocycles. The molecule has 2 aliphatic heterocycles. The van der Waals surface area contributed by atoms with Crippen molar-refractivity contribution in [2.75, 3.05) is 9.80 Å². The van der Waals surface area contributed by atoms with Gasteiger partial charge in [-0.1, -0.05) is 106 Å². The molecule has 12 aromatic rings. The van der Waals surface area contributed by atoms with Crippen molar-refractivity contribution in [2.45, 2.75) is 47.0 Å². The number of para-hydroxylation sites is 3. The normalized spacial score (nSPS) is 13.2. The summed E-state index contributed by atoms with van der Waals surface area (Å²) in [5, 5.41) is 4.36. The highest BCUT2D eigenvalue weighted by Gasteiger charge is 2.47. The van der Waals surface area contributed by atoms with Gasteiger partial charge in [0, 0.05) is 66.4 Å². The van der Waals surface area contributed by atoms with Crippen molar-refractivity contribution < 1.29 is 17.7 Å². The number of fused-ring (bicyclic) bond motifs is 9. The lowest BCUT2D eigenvalue weighted by Crippen LogP contribution is -2.61. The summed E-state index contributed by atoms with van der Waals surface area (Å²) in [4.78, 5) is 4.88. The molecule has 70 heavy (non-hydrogen) atoms. The molecule has 0 N–H and O–H groups in total. The van der Waals surface area contributed by atoms with Gasteiger partial charge in [0.25, 0.3) is 6.71 Å². The minimum Gasteiger partial charge on any atom is -0.456 e. The van der Waals surface area contributed by atoms with Gasteiger partial charge in [-0.25, -0.2) is 0 Å². The molecule has 2 aliphatic rings. The summed E-state index contributed by atoms with van der Waals surface area (Å²) in [5.74, 6) is 3.34. The topological polar surface area (TPSA) is 59.0 Å². The molecule has 336 valence electrons. The Morgan fingerprint density at radius 1 is 0.429 bits per heavy atom. The predicted octanol–water partition coefficient (Wildman–Crippen LogP) is 16.0. The Morgan fingerprint density at radius 3 is 1.60 bits per heavy atom. The van der Waals surface area contributed by atoms with Crippen LogP contribution in [-0.2, 0) is 5.41 Å². The highest BCUT2D eigenvalue weighted by atomic mass is 16.4. The van der Waals surface area contributed by atoms with Crippen LogP contribution in [0.2, 0.25) is 0 Å². The summed E-state index contributed by atoms with van der Waals surface area (Å²) in [6.45, 7) is 13.3. The summed E-state index contributed by atoms with van der Waals surface area (Å²) in [6, 6.07) is 62.8. The number of rotatable bonds is 5. The summed E-state index contributed by atoms with van der Waals surface area (Å²) < 4.78 is 26.8. The van der Waals surface area contributed by atoms with Gasteiger partial charge in [-0.15, -0.1) is 0 Å². The molecule has 0 unspecified atom stereocenters. The summed E-state index contributed by atoms with van der Waals surface area (Å²) in [7, 11) is 0. The van der Waals surface area contributed by atoms with Crippen LogP contribution in [0, 0.1) is 20.8 Å². The summed E-state index contributed by atoms with van der Waals surface area (Å²) >= 11 is 0. The standard InChI is InChI=1S/C63H47BN2O4/c1-36-26-50-60-51(27-36)66(61-37(2)28-44(29-38(61)3)58-34-42-16-9-12-21-54(42)69-58)62-59(47-35-45(63(4,5)6)23-25-55(47)70-62)64(60)48-24-22-43(57-33-41-15-8-11-20-53(41)68-57)31-49(48)65(50)46-18-13-17-39(30-46)56-32-40-14-7-10-19-52(40)67-56/h7-35H,1-6H3. The monoisotopic (exact) mass is 906 g/mol. The number of hydrogen-bond acceptors (Lipinski definition) is 6. The van der Waals surface area contributed by atoms with Crippen molar-refractivity contribution in [3.8, 4) is 34.0 Å². The number of aryl methyl sites for hydroxylation is 3. The molecular formula is C63H47BN2O4. The second-order valence-electron chi connectivity index (χ2n) is 20.3. The van der Waals surface area contributed by atoms with Gasteiger partial charge >= 0.3 is 0 Å². The van der Waals surface area contributed by atoms with E-state index in [2.05, 4.69) is 191 Å². The van der Waals surface area contributed by atoms with Crippen LogP contribution in [0.15, 0.2) is 194 Å². The van der Waals surface area contributed by atoms with E-state index >= 15 is 0 Å². The highest BCUT2D eigenvalue weighted by Crippen LogP contribution is 2.50. The Hall–Kier alpha value is -8.42. The van der Waals surface area contributed by atoms with Crippen molar-refractivity contribution in [3.05, 3.63) is 198 Å². The van der Waals surface area contributed by atoms with Crippen LogP contribution in [0.25, 0.3) is 77.8 Å². The minimum absolute atomic E-state index is 0.0832. The van der Waals surface area contributed by atoms with Crippen LogP contribution in [0.5, 0.6) is 0 Å². The molecule has 0 radical (unpaired) electrons. The smallest absolute Gasteiger partial charge is 0.257 e. The van der Waals surface area contributed by atoms with Crippen molar-refractivity contribution in [2.24, 2.45) is 0 Å². The first-order chi connectivity index (χ1) is 34.0. The number of nitrogens with zero attached hydrogens (tertiary/aromatic N) is 2. The van der Waals surface area contributed by atoms with E-state index in [1.165, 1.54) is 16.5 Å². The van der Waals surface area contributed by atoms with Gasteiger partial charge in [0.2, 0.25) is 5.88 Å². The molecular weight excluding hydrogens is 860 g/mol. The number of anilines is 6. The fourth-order valence-corrected chi connectivity index (χ4v) is 11.4. The maximum Gasteiger partial charge on any atom is 0.257 e. The molecule has 14 rings (SSSR count). The maximum atomic E-state index is 7.29. The summed E-state index contributed by atoms with van der Waals surface area (Å²) in [6.07, 6.45) is 0. The average Bonchev–Trinajstić information content (AvgIpc) is 4.17. The molecule has 8 aromatic carbocycles. The van der Waals surface area contributed by atoms with Gasteiger partial charge in [-0.3, -0.25) is 4.90 Å². The van der Waals surface area contributed by atoms with Crippen LogP contribution in [-0.4, -0.2) is 6.71 Å². The van der Waals surface area contributed by atoms with Crippen LogP contribution < -0.4 is 26.2 Å². The molecule has 0 saturated carbocycles. The fraction of sp³-hybridized carbons (Fsp3) is 0.111. The van der Waals surface area contributed by atoms with Crippen LogP contribution in [0.1, 0.15) is 43.0 Å². The quantitative estimate of drug-likeness (QED) is 0.160. The molecule has 0 amide bonds. The first-order valence-electron chi connectivity index (χ1n) is 24.2. The number of hydrogen-bond donors (Lipinski definition) is 0. The van der Waals surface area contributed by atoms with Crippen LogP contribution in [0.3, 0.4) is 0 Å². The van der Waals surface area contributed by atoms with E-state index in [1.54, 1.807) is 0 Å². The second-order valence-corrected chi connectivity index (χ2v) is 20.3. The Bertz CT molecular complexity index is 4020. The molecule has 0 bridgehead atoms. The molecule has 6 nitrogen and oxygen atoms in total. The minimum atomic E-state index is -0.168. The molecule has 6 heterocycles. The predicted molar refractivity (Wildman–Crippen MR) is 289 cm³/mol. The van der Waals surface area contributed by atoms with E-state index in [0.717, 1.165) is 134 Å². The molecule has 7 heteroatoms. The number of benzene rings is 8. The largest absolute Gasteiger partial charge is 0.456 e. The Morgan fingerprint density at radius 2 is 1.00 bits per heavy atom. The third-order valence-corrected chi connectivity index (χ3v) is 14.6. The lowest BCUT2D eigenvalue weighted by Gasteiger charge is -2.43. The Labute approximate surface area is 406 Å². The lowest BCUT2D eigenvalue weighted by atomic mass is 9.33. The van der Waals surface area contributed by atoms with Gasteiger partial charge in [0.1, 0.15) is 39.6 Å². The van der Waals surface area contributed by atoms with Crippen LogP contribution in [0.4, 0.5) is 34.3 Å². The molecule has 0 aliphatic carbocycles. The van der Waals surface area contributed by atoms with Crippen molar-refractivity contribution in [1.29, 1.82) is 0 Å². The zero-order chi connectivity index (χ0) is 47.2. The van der Waals surface area contributed by atoms with Crippen molar-refractivity contribution >= 4 is 101 Å². The van der Waals surface area contributed by atoms with E-state index in [4.69, 9.17) is 17.7 Å². The molecule has 0 atom stereocenters. The lowest BCUT2D eigenvalue weighted by molar-refractivity contribution is 0.589. The first-order valence-corrected chi connectivity index (χ1v) is 24.2. The SMILES string of the molecule is Cc1cc2c3c(c1)N(c1c(C)cc(-c4cc5ccccc5o4)cc1C)c1oc4ccc(C(C)(C)C)cc4c1B3c1ccc(-c3cc4ccccc4o3)cc1N2c1cccc(-c2cc3ccccc3o2)c1. The van der Waals surface area contributed by atoms with E-state index in [9.17, 15) is 0 Å². The fourth-order valence-electron chi connectivity index (χ4n) is 11.4. The zero-order valence-corrected chi connectivity index (χ0v) is 39.8. The third kappa shape index (κ3) is 6.13.